The molecule has 0 bridgehead atoms. The van der Waals surface area contributed by atoms with Crippen LogP contribution in [0, 0.1) is 0 Å². The first-order valence-electron chi connectivity index (χ1n) is 6.65. The van der Waals surface area contributed by atoms with Gasteiger partial charge in [0.15, 0.2) is 12.4 Å². The maximum absolute atomic E-state index is 5.67. The van der Waals surface area contributed by atoms with Gasteiger partial charge in [-0.25, -0.2) is 0 Å². The molecular formula is C14H18BrN3O2. The molecule has 1 aromatic heterocycles. The molecule has 0 spiro atoms. The molecule has 0 atom stereocenters. The van der Waals surface area contributed by atoms with Crippen LogP contribution in [0.5, 0.6) is 5.75 Å². The van der Waals surface area contributed by atoms with Crippen molar-refractivity contribution in [2.24, 2.45) is 5.73 Å². The minimum atomic E-state index is 0.278. The van der Waals surface area contributed by atoms with E-state index in [4.69, 9.17) is 15.0 Å². The summed E-state index contributed by atoms with van der Waals surface area (Å²) in [6.07, 6.45) is 2.62. The first-order valence-corrected chi connectivity index (χ1v) is 7.45. The van der Waals surface area contributed by atoms with Gasteiger partial charge in [-0.15, -0.1) is 0 Å². The molecular weight excluding hydrogens is 322 g/mol. The summed E-state index contributed by atoms with van der Waals surface area (Å²) in [5, 5.41) is 3.89. The lowest BCUT2D eigenvalue weighted by Crippen LogP contribution is -2.04. The van der Waals surface area contributed by atoms with Crippen LogP contribution in [0.4, 0.5) is 0 Å². The average molecular weight is 340 g/mol. The van der Waals surface area contributed by atoms with Crippen LogP contribution in [0.2, 0.25) is 0 Å². The van der Waals surface area contributed by atoms with Gasteiger partial charge in [0.1, 0.15) is 5.75 Å². The van der Waals surface area contributed by atoms with E-state index in [2.05, 4.69) is 33.0 Å². The van der Waals surface area contributed by atoms with Crippen molar-refractivity contribution < 1.29 is 9.26 Å². The van der Waals surface area contributed by atoms with Gasteiger partial charge in [0.2, 0.25) is 0 Å². The zero-order valence-corrected chi connectivity index (χ0v) is 13.0. The van der Waals surface area contributed by atoms with Gasteiger partial charge in [-0.1, -0.05) is 28.0 Å². The highest BCUT2D eigenvalue weighted by Gasteiger charge is 2.07. The predicted molar refractivity (Wildman–Crippen MR) is 79.5 cm³/mol. The Morgan fingerprint density at radius 2 is 2.20 bits per heavy atom. The SMILES string of the molecule is CCCc1noc(COc2ccc(Br)c(CCN)c2)n1. The first-order chi connectivity index (χ1) is 9.72. The van der Waals surface area contributed by atoms with E-state index in [-0.39, 0.29) is 6.61 Å². The second-order valence-corrected chi connectivity index (χ2v) is 5.29. The van der Waals surface area contributed by atoms with Crippen LogP contribution in [0.25, 0.3) is 0 Å². The van der Waals surface area contributed by atoms with Gasteiger partial charge in [-0.05, 0) is 43.1 Å². The second-order valence-electron chi connectivity index (χ2n) is 4.43. The lowest BCUT2D eigenvalue weighted by Gasteiger charge is -2.07. The highest BCUT2D eigenvalue weighted by molar-refractivity contribution is 9.10. The molecule has 1 heterocycles. The number of hydrogen-bond acceptors (Lipinski definition) is 5. The molecule has 5 nitrogen and oxygen atoms in total. The third-order valence-electron chi connectivity index (χ3n) is 2.78. The largest absolute Gasteiger partial charge is 0.484 e. The Balaban J connectivity index is 1.97. The molecule has 0 amide bonds. The Labute approximate surface area is 126 Å². The smallest absolute Gasteiger partial charge is 0.264 e. The third kappa shape index (κ3) is 4.05. The zero-order valence-electron chi connectivity index (χ0n) is 11.4. The van der Waals surface area contributed by atoms with E-state index < -0.39 is 0 Å². The average Bonchev–Trinajstić information content (AvgIpc) is 2.88. The fourth-order valence-electron chi connectivity index (χ4n) is 1.81. The van der Waals surface area contributed by atoms with E-state index in [1.165, 1.54) is 0 Å². The van der Waals surface area contributed by atoms with Crippen molar-refractivity contribution in [1.29, 1.82) is 0 Å². The standard InChI is InChI=1S/C14H18BrN3O2/c1-2-3-13-17-14(20-18-13)9-19-11-4-5-12(15)10(8-11)6-7-16/h4-5,8H,2-3,6-7,9,16H2,1H3. The molecule has 0 aliphatic carbocycles. The highest BCUT2D eigenvalue weighted by Crippen LogP contribution is 2.23. The summed E-state index contributed by atoms with van der Waals surface area (Å²) in [6, 6.07) is 5.82. The van der Waals surface area contributed by atoms with Crippen LogP contribution in [0.15, 0.2) is 27.2 Å². The summed E-state index contributed by atoms with van der Waals surface area (Å²) in [5.41, 5.74) is 6.71. The lowest BCUT2D eigenvalue weighted by molar-refractivity contribution is 0.242. The molecule has 0 fully saturated rings. The molecule has 2 rings (SSSR count). The van der Waals surface area contributed by atoms with E-state index in [9.17, 15) is 0 Å². The predicted octanol–water partition coefficient (Wildman–Crippen LogP) is 2.86. The number of hydrogen-bond donors (Lipinski definition) is 1. The monoisotopic (exact) mass is 339 g/mol. The van der Waals surface area contributed by atoms with Crippen molar-refractivity contribution in [3.8, 4) is 5.75 Å². The van der Waals surface area contributed by atoms with Crippen LogP contribution in [0.3, 0.4) is 0 Å². The number of benzene rings is 1. The Morgan fingerprint density at radius 3 is 2.95 bits per heavy atom. The zero-order chi connectivity index (χ0) is 14.4. The third-order valence-corrected chi connectivity index (χ3v) is 3.55. The van der Waals surface area contributed by atoms with Crippen molar-refractivity contribution in [2.45, 2.75) is 32.8 Å². The molecule has 20 heavy (non-hydrogen) atoms. The fourth-order valence-corrected chi connectivity index (χ4v) is 2.25. The summed E-state index contributed by atoms with van der Waals surface area (Å²) < 4.78 is 11.8. The van der Waals surface area contributed by atoms with E-state index >= 15 is 0 Å². The summed E-state index contributed by atoms with van der Waals surface area (Å²) in [7, 11) is 0. The van der Waals surface area contributed by atoms with Crippen LogP contribution in [-0.4, -0.2) is 16.7 Å². The van der Waals surface area contributed by atoms with Crippen molar-refractivity contribution in [2.75, 3.05) is 6.54 Å². The molecule has 0 aliphatic heterocycles. The summed E-state index contributed by atoms with van der Waals surface area (Å²) in [6.45, 7) is 2.96. The van der Waals surface area contributed by atoms with Gasteiger partial charge in [0.25, 0.3) is 5.89 Å². The van der Waals surface area contributed by atoms with Crippen LogP contribution in [0.1, 0.15) is 30.6 Å². The topological polar surface area (TPSA) is 74.2 Å². The molecule has 0 aliphatic rings. The molecule has 0 saturated heterocycles. The van der Waals surface area contributed by atoms with Gasteiger partial charge in [0, 0.05) is 10.9 Å². The van der Waals surface area contributed by atoms with Gasteiger partial charge in [-0.3, -0.25) is 0 Å². The van der Waals surface area contributed by atoms with Crippen molar-refractivity contribution in [1.82, 2.24) is 10.1 Å². The first kappa shape index (κ1) is 15.0. The number of aryl methyl sites for hydroxylation is 1. The van der Waals surface area contributed by atoms with Crippen molar-refractivity contribution in [3.63, 3.8) is 0 Å². The normalized spacial score (nSPS) is 10.8. The van der Waals surface area contributed by atoms with E-state index in [1.807, 2.05) is 18.2 Å². The maximum atomic E-state index is 5.67. The van der Waals surface area contributed by atoms with Crippen LogP contribution >= 0.6 is 15.9 Å². The van der Waals surface area contributed by atoms with Gasteiger partial charge >= 0.3 is 0 Å². The molecule has 6 heteroatoms. The van der Waals surface area contributed by atoms with Crippen LogP contribution in [-0.2, 0) is 19.4 Å². The van der Waals surface area contributed by atoms with E-state index in [1.54, 1.807) is 0 Å². The number of halogens is 1. The number of ether oxygens (including phenoxy) is 1. The molecule has 108 valence electrons. The molecule has 1 aromatic carbocycles. The van der Waals surface area contributed by atoms with Crippen LogP contribution < -0.4 is 10.5 Å². The van der Waals surface area contributed by atoms with E-state index in [0.717, 1.165) is 40.9 Å². The Kier molecular flexibility index (Phi) is 5.55. The maximum Gasteiger partial charge on any atom is 0.264 e. The summed E-state index contributed by atoms with van der Waals surface area (Å²) in [5.74, 6) is 1.99. The van der Waals surface area contributed by atoms with Crippen molar-refractivity contribution in [3.05, 3.63) is 40.0 Å². The number of nitrogens with zero attached hydrogens (tertiary/aromatic N) is 2. The number of aromatic nitrogens is 2. The number of rotatable bonds is 7. The minimum Gasteiger partial charge on any atom is -0.484 e. The number of nitrogens with two attached hydrogens (primary N) is 1. The second kappa shape index (κ2) is 7.40. The minimum absolute atomic E-state index is 0.278. The highest BCUT2D eigenvalue weighted by atomic mass is 79.9. The molecule has 0 saturated carbocycles. The van der Waals surface area contributed by atoms with Gasteiger partial charge < -0.3 is 15.0 Å². The van der Waals surface area contributed by atoms with Gasteiger partial charge in [-0.2, -0.15) is 4.98 Å². The Morgan fingerprint density at radius 1 is 1.35 bits per heavy atom. The fraction of sp³-hybridized carbons (Fsp3) is 0.429. The molecule has 0 unspecified atom stereocenters. The molecule has 2 N–H and O–H groups in total. The summed E-state index contributed by atoms with van der Waals surface area (Å²) in [4.78, 5) is 4.26. The van der Waals surface area contributed by atoms with Gasteiger partial charge in [0.05, 0.1) is 0 Å². The van der Waals surface area contributed by atoms with E-state index in [0.29, 0.717) is 12.4 Å². The molecule has 2 aromatic rings. The van der Waals surface area contributed by atoms with Crippen molar-refractivity contribution >= 4 is 15.9 Å². The Bertz CT molecular complexity index is 557. The Hall–Kier alpha value is -1.40. The lowest BCUT2D eigenvalue weighted by atomic mass is 10.1. The summed E-state index contributed by atoms with van der Waals surface area (Å²) >= 11 is 3.50. The molecule has 0 radical (unpaired) electrons. The quantitative estimate of drug-likeness (QED) is 0.839.